The van der Waals surface area contributed by atoms with Crippen LogP contribution in [0.15, 0.2) is 54.6 Å². The molecule has 1 fully saturated rings. The lowest BCUT2D eigenvalue weighted by Crippen LogP contribution is -3.16. The Labute approximate surface area is 178 Å². The van der Waals surface area contributed by atoms with E-state index >= 15 is 0 Å². The summed E-state index contributed by atoms with van der Waals surface area (Å²) in [5.74, 6) is 0.239. The van der Waals surface area contributed by atoms with Gasteiger partial charge in [-0.2, -0.15) is 4.79 Å². The Kier molecular flexibility index (Phi) is 7.11. The SMILES string of the molecule is CC(C)(C)OC(=O)[NH+]1CCCC(c2cccc(NC(=O)OCc3ccccc3)c2)C1. The Morgan fingerprint density at radius 2 is 1.87 bits per heavy atom. The number of carbonyl (C=O) groups is 2. The highest BCUT2D eigenvalue weighted by Gasteiger charge is 2.33. The van der Waals surface area contributed by atoms with E-state index in [1.807, 2.05) is 75.4 Å². The molecule has 2 aromatic carbocycles. The van der Waals surface area contributed by atoms with Gasteiger partial charge in [-0.05, 0) is 56.9 Å². The summed E-state index contributed by atoms with van der Waals surface area (Å²) in [6.07, 6.45) is 1.29. The number of benzene rings is 2. The van der Waals surface area contributed by atoms with Gasteiger partial charge in [-0.3, -0.25) is 5.32 Å². The largest absolute Gasteiger partial charge is 0.514 e. The molecule has 2 atom stereocenters. The summed E-state index contributed by atoms with van der Waals surface area (Å²) in [7, 11) is 0. The van der Waals surface area contributed by atoms with Gasteiger partial charge in [0.05, 0.1) is 13.1 Å². The van der Waals surface area contributed by atoms with E-state index in [1.54, 1.807) is 0 Å². The average molecular weight is 412 g/mol. The van der Waals surface area contributed by atoms with Gasteiger partial charge in [-0.15, -0.1) is 0 Å². The first kappa shape index (κ1) is 21.8. The van der Waals surface area contributed by atoms with Crippen molar-refractivity contribution in [2.75, 3.05) is 18.4 Å². The normalized spacial score (nSPS) is 19.0. The molecule has 2 amide bonds. The molecule has 1 heterocycles. The maximum Gasteiger partial charge on any atom is 0.514 e. The highest BCUT2D eigenvalue weighted by Crippen LogP contribution is 2.24. The second kappa shape index (κ2) is 9.76. The molecule has 0 bridgehead atoms. The highest BCUT2D eigenvalue weighted by molar-refractivity contribution is 5.84. The summed E-state index contributed by atoms with van der Waals surface area (Å²) in [6.45, 7) is 7.36. The number of amides is 2. The number of carbonyl (C=O) groups excluding carboxylic acids is 2. The quantitative estimate of drug-likeness (QED) is 0.794. The molecule has 0 saturated carbocycles. The van der Waals surface area contributed by atoms with Crippen LogP contribution in [0.25, 0.3) is 0 Å². The molecule has 1 aliphatic rings. The van der Waals surface area contributed by atoms with Crippen molar-refractivity contribution in [3.63, 3.8) is 0 Å². The highest BCUT2D eigenvalue weighted by atomic mass is 16.6. The zero-order valence-electron chi connectivity index (χ0n) is 17.9. The van der Waals surface area contributed by atoms with Gasteiger partial charge in [0.1, 0.15) is 12.2 Å². The Balaban J connectivity index is 1.57. The first-order valence-corrected chi connectivity index (χ1v) is 10.5. The predicted molar refractivity (Wildman–Crippen MR) is 116 cm³/mol. The van der Waals surface area contributed by atoms with Crippen LogP contribution in [0.4, 0.5) is 15.3 Å². The van der Waals surface area contributed by atoms with Gasteiger partial charge in [0.2, 0.25) is 0 Å². The number of anilines is 1. The van der Waals surface area contributed by atoms with Crippen LogP contribution < -0.4 is 10.2 Å². The summed E-state index contributed by atoms with van der Waals surface area (Å²) in [4.78, 5) is 25.5. The Bertz CT molecular complexity index is 861. The molecule has 6 heteroatoms. The molecule has 2 N–H and O–H groups in total. The van der Waals surface area contributed by atoms with E-state index in [9.17, 15) is 9.59 Å². The van der Waals surface area contributed by atoms with Crippen LogP contribution in [0.3, 0.4) is 0 Å². The van der Waals surface area contributed by atoms with Crippen LogP contribution >= 0.6 is 0 Å². The van der Waals surface area contributed by atoms with Crippen molar-refractivity contribution in [1.29, 1.82) is 0 Å². The van der Waals surface area contributed by atoms with Crippen molar-refractivity contribution < 1.29 is 24.0 Å². The Hall–Kier alpha value is -2.86. The zero-order chi connectivity index (χ0) is 21.6. The number of hydrogen-bond acceptors (Lipinski definition) is 4. The fourth-order valence-electron chi connectivity index (χ4n) is 3.63. The van der Waals surface area contributed by atoms with E-state index in [-0.39, 0.29) is 18.6 Å². The number of piperidine rings is 1. The minimum atomic E-state index is -0.486. The lowest BCUT2D eigenvalue weighted by atomic mass is 9.90. The fraction of sp³-hybridized carbons (Fsp3) is 0.417. The summed E-state index contributed by atoms with van der Waals surface area (Å²) < 4.78 is 10.8. The van der Waals surface area contributed by atoms with E-state index in [2.05, 4.69) is 5.32 Å². The summed E-state index contributed by atoms with van der Waals surface area (Å²) in [5.41, 5.74) is 2.25. The van der Waals surface area contributed by atoms with Gasteiger partial charge in [-0.1, -0.05) is 42.5 Å². The van der Waals surface area contributed by atoms with E-state index in [4.69, 9.17) is 9.47 Å². The minimum Gasteiger partial charge on any atom is -0.444 e. The number of hydrogen-bond donors (Lipinski definition) is 2. The smallest absolute Gasteiger partial charge is 0.444 e. The van der Waals surface area contributed by atoms with E-state index in [1.165, 1.54) is 0 Å². The number of rotatable bonds is 4. The van der Waals surface area contributed by atoms with Crippen LogP contribution in [0, 0.1) is 0 Å². The van der Waals surface area contributed by atoms with E-state index in [0.29, 0.717) is 12.2 Å². The maximum absolute atomic E-state index is 12.5. The van der Waals surface area contributed by atoms with Crippen molar-refractivity contribution in [2.24, 2.45) is 0 Å². The Morgan fingerprint density at radius 1 is 1.10 bits per heavy atom. The van der Waals surface area contributed by atoms with E-state index in [0.717, 1.165) is 35.4 Å². The number of nitrogens with one attached hydrogen (secondary N) is 2. The van der Waals surface area contributed by atoms with Crippen molar-refractivity contribution >= 4 is 17.9 Å². The number of quaternary nitrogens is 1. The average Bonchev–Trinajstić information content (AvgIpc) is 2.72. The molecule has 30 heavy (non-hydrogen) atoms. The second-order valence-corrected chi connectivity index (χ2v) is 8.71. The van der Waals surface area contributed by atoms with Gasteiger partial charge in [0.25, 0.3) is 0 Å². The monoisotopic (exact) mass is 411 g/mol. The van der Waals surface area contributed by atoms with Gasteiger partial charge < -0.3 is 9.47 Å². The van der Waals surface area contributed by atoms with Gasteiger partial charge in [-0.25, -0.2) is 9.69 Å². The predicted octanol–water partition coefficient (Wildman–Crippen LogP) is 4.13. The molecular formula is C24H31N2O4+. The fourth-order valence-corrected chi connectivity index (χ4v) is 3.63. The first-order valence-electron chi connectivity index (χ1n) is 10.5. The van der Waals surface area contributed by atoms with Crippen LogP contribution in [-0.4, -0.2) is 30.9 Å². The third-order valence-corrected chi connectivity index (χ3v) is 5.03. The lowest BCUT2D eigenvalue weighted by molar-refractivity contribution is -0.832. The molecule has 2 aromatic rings. The molecule has 0 spiro atoms. The van der Waals surface area contributed by atoms with E-state index < -0.39 is 11.7 Å². The van der Waals surface area contributed by atoms with Crippen molar-refractivity contribution in [3.05, 3.63) is 65.7 Å². The zero-order valence-corrected chi connectivity index (χ0v) is 17.9. The van der Waals surface area contributed by atoms with Gasteiger partial charge >= 0.3 is 12.2 Å². The Morgan fingerprint density at radius 3 is 2.60 bits per heavy atom. The molecule has 1 aliphatic heterocycles. The summed E-state index contributed by atoms with van der Waals surface area (Å²) in [6, 6.07) is 17.3. The molecule has 0 aliphatic carbocycles. The molecule has 1 saturated heterocycles. The van der Waals surface area contributed by atoms with Crippen LogP contribution in [0.5, 0.6) is 0 Å². The molecule has 0 aromatic heterocycles. The number of alkyl carbamates (subject to hydrolysis) is 2. The number of ether oxygens (including phenoxy) is 2. The van der Waals surface area contributed by atoms with Crippen molar-refractivity contribution in [2.45, 2.75) is 51.7 Å². The molecule has 0 radical (unpaired) electrons. The van der Waals surface area contributed by atoms with Crippen LogP contribution in [0.2, 0.25) is 0 Å². The molecule has 6 nitrogen and oxygen atoms in total. The lowest BCUT2D eigenvalue weighted by Gasteiger charge is -2.30. The van der Waals surface area contributed by atoms with Crippen molar-refractivity contribution in [1.82, 2.24) is 0 Å². The third kappa shape index (κ3) is 6.59. The minimum absolute atomic E-state index is 0.189. The van der Waals surface area contributed by atoms with Gasteiger partial charge in [0.15, 0.2) is 0 Å². The molecule has 3 rings (SSSR count). The second-order valence-electron chi connectivity index (χ2n) is 8.71. The first-order chi connectivity index (χ1) is 14.3. The van der Waals surface area contributed by atoms with Crippen molar-refractivity contribution in [3.8, 4) is 0 Å². The van der Waals surface area contributed by atoms with Crippen LogP contribution in [-0.2, 0) is 16.1 Å². The third-order valence-electron chi connectivity index (χ3n) is 5.03. The molecule has 160 valence electrons. The standard InChI is InChI=1S/C24H30N2O4/c1-24(2,3)30-23(28)26-14-8-12-20(16-26)19-11-7-13-21(15-19)25-22(27)29-17-18-9-5-4-6-10-18/h4-7,9-11,13,15,20H,8,12,14,16-17H2,1-3H3,(H,25,27)/p+1. The maximum atomic E-state index is 12.5. The number of likely N-dealkylation sites (tertiary alicyclic amines) is 1. The topological polar surface area (TPSA) is 69.1 Å². The summed E-state index contributed by atoms with van der Waals surface area (Å²) >= 11 is 0. The molecular weight excluding hydrogens is 380 g/mol. The summed E-state index contributed by atoms with van der Waals surface area (Å²) in [5, 5.41) is 2.80. The molecule has 2 unspecified atom stereocenters. The van der Waals surface area contributed by atoms with Gasteiger partial charge in [0, 0.05) is 11.6 Å². The van der Waals surface area contributed by atoms with Crippen LogP contribution in [0.1, 0.15) is 50.7 Å².